The highest BCUT2D eigenvalue weighted by atomic mass is 35.5. The van der Waals surface area contributed by atoms with Crippen molar-refractivity contribution in [1.82, 2.24) is 10.2 Å². The fourth-order valence-electron chi connectivity index (χ4n) is 1.46. The van der Waals surface area contributed by atoms with E-state index in [0.29, 0.717) is 14.9 Å². The zero-order chi connectivity index (χ0) is 16.9. The highest BCUT2D eigenvalue weighted by molar-refractivity contribution is 8.01. The Balaban J connectivity index is 1.96. The molecular formula is C12H12ClN3O4S3. The van der Waals surface area contributed by atoms with E-state index in [9.17, 15) is 13.2 Å². The minimum Gasteiger partial charge on any atom is -0.468 e. The third-order valence-electron chi connectivity index (χ3n) is 2.46. The van der Waals surface area contributed by atoms with Gasteiger partial charge in [-0.1, -0.05) is 46.8 Å². The van der Waals surface area contributed by atoms with Gasteiger partial charge in [0.05, 0.1) is 18.6 Å². The number of esters is 1. The van der Waals surface area contributed by atoms with Crippen molar-refractivity contribution in [1.29, 1.82) is 0 Å². The summed E-state index contributed by atoms with van der Waals surface area (Å²) in [6.45, 7) is 0. The molecule has 1 aromatic carbocycles. The van der Waals surface area contributed by atoms with Crippen LogP contribution in [0.2, 0.25) is 5.02 Å². The Kier molecular flexibility index (Phi) is 6.22. The van der Waals surface area contributed by atoms with Gasteiger partial charge in [0, 0.05) is 5.02 Å². The number of sulfonamides is 1. The number of nitrogens with zero attached hydrogens (tertiary/aromatic N) is 2. The van der Waals surface area contributed by atoms with E-state index in [1.807, 2.05) is 0 Å². The summed E-state index contributed by atoms with van der Waals surface area (Å²) in [7, 11) is -2.32. The number of thioether (sulfide) groups is 1. The topological polar surface area (TPSA) is 98.2 Å². The molecule has 1 N–H and O–H groups in total. The van der Waals surface area contributed by atoms with Crippen molar-refractivity contribution in [2.24, 2.45) is 0 Å². The normalized spacial score (nSPS) is 11.2. The molecule has 0 bridgehead atoms. The van der Waals surface area contributed by atoms with Crippen molar-refractivity contribution in [3.63, 3.8) is 0 Å². The van der Waals surface area contributed by atoms with Crippen LogP contribution in [0.15, 0.2) is 28.6 Å². The molecule has 0 amide bonds. The highest BCUT2D eigenvalue weighted by Gasteiger charge is 2.15. The average Bonchev–Trinajstić information content (AvgIpc) is 2.93. The van der Waals surface area contributed by atoms with Crippen LogP contribution in [0.25, 0.3) is 0 Å². The Morgan fingerprint density at radius 2 is 2.04 bits per heavy atom. The Hall–Kier alpha value is -1.36. The number of anilines is 1. The number of rotatable bonds is 7. The van der Waals surface area contributed by atoms with Crippen molar-refractivity contribution in [3.05, 3.63) is 34.9 Å². The number of methoxy groups -OCH3 is 1. The first-order chi connectivity index (χ1) is 10.9. The maximum absolute atomic E-state index is 12.1. The third kappa shape index (κ3) is 5.98. The standard InChI is InChI=1S/C12H12ClN3O4S3/c1-20-10(17)6-21-12-15-14-11(22-12)16-23(18,19)7-8-2-4-9(13)5-3-8/h2-5H,6-7H2,1H3,(H,14,16). The van der Waals surface area contributed by atoms with Gasteiger partial charge in [-0.2, -0.15) is 0 Å². The lowest BCUT2D eigenvalue weighted by Gasteiger charge is -2.04. The summed E-state index contributed by atoms with van der Waals surface area (Å²) >= 11 is 7.93. The third-order valence-corrected chi connectivity index (χ3v) is 6.00. The number of carbonyl (C=O) groups is 1. The van der Waals surface area contributed by atoms with Crippen LogP contribution in [0.1, 0.15) is 5.56 Å². The predicted molar refractivity (Wildman–Crippen MR) is 90.3 cm³/mol. The summed E-state index contributed by atoms with van der Waals surface area (Å²) in [5.41, 5.74) is 0.603. The van der Waals surface area contributed by atoms with E-state index < -0.39 is 16.0 Å². The number of hydrogen-bond acceptors (Lipinski definition) is 8. The number of nitrogens with one attached hydrogen (secondary N) is 1. The van der Waals surface area contributed by atoms with E-state index in [-0.39, 0.29) is 16.6 Å². The van der Waals surface area contributed by atoms with Gasteiger partial charge < -0.3 is 4.74 Å². The van der Waals surface area contributed by atoms with E-state index in [0.717, 1.165) is 23.1 Å². The molecule has 1 heterocycles. The van der Waals surface area contributed by atoms with E-state index in [4.69, 9.17) is 11.6 Å². The van der Waals surface area contributed by atoms with Crippen molar-refractivity contribution in [2.45, 2.75) is 10.1 Å². The maximum atomic E-state index is 12.1. The number of hydrogen-bond donors (Lipinski definition) is 1. The zero-order valence-corrected chi connectivity index (χ0v) is 15.1. The fraction of sp³-hybridized carbons (Fsp3) is 0.250. The van der Waals surface area contributed by atoms with Gasteiger partial charge in [-0.3, -0.25) is 9.52 Å². The van der Waals surface area contributed by atoms with Crippen LogP contribution in [0.3, 0.4) is 0 Å². The fourth-order valence-corrected chi connectivity index (χ4v) is 4.58. The molecule has 124 valence electrons. The minimum atomic E-state index is -3.61. The molecule has 0 aliphatic carbocycles. The first kappa shape index (κ1) is 18.0. The van der Waals surface area contributed by atoms with Gasteiger partial charge in [-0.05, 0) is 17.7 Å². The minimum absolute atomic E-state index is 0.0860. The molecule has 7 nitrogen and oxygen atoms in total. The van der Waals surface area contributed by atoms with Crippen molar-refractivity contribution < 1.29 is 17.9 Å². The molecule has 0 saturated heterocycles. The molecule has 23 heavy (non-hydrogen) atoms. The molecule has 0 saturated carbocycles. The van der Waals surface area contributed by atoms with Crippen molar-refractivity contribution >= 4 is 55.8 Å². The van der Waals surface area contributed by atoms with E-state index >= 15 is 0 Å². The Morgan fingerprint density at radius 1 is 1.35 bits per heavy atom. The van der Waals surface area contributed by atoms with E-state index in [2.05, 4.69) is 19.7 Å². The first-order valence-corrected chi connectivity index (χ1v) is 9.99. The molecule has 0 atom stereocenters. The zero-order valence-electron chi connectivity index (χ0n) is 11.9. The Morgan fingerprint density at radius 3 is 2.70 bits per heavy atom. The van der Waals surface area contributed by atoms with Crippen LogP contribution in [0, 0.1) is 0 Å². The number of halogens is 1. The second-order valence-electron chi connectivity index (χ2n) is 4.23. The predicted octanol–water partition coefficient (Wildman–Crippen LogP) is 2.40. The van der Waals surface area contributed by atoms with Crippen molar-refractivity contribution in [2.75, 3.05) is 17.6 Å². The number of benzene rings is 1. The lowest BCUT2D eigenvalue weighted by molar-refractivity contribution is -0.137. The summed E-state index contributed by atoms with van der Waals surface area (Å²) in [6, 6.07) is 6.52. The molecule has 11 heteroatoms. The van der Waals surface area contributed by atoms with Crippen molar-refractivity contribution in [3.8, 4) is 0 Å². The van der Waals surface area contributed by atoms with Crippen LogP contribution in [-0.2, 0) is 25.3 Å². The van der Waals surface area contributed by atoms with Gasteiger partial charge in [0.2, 0.25) is 15.2 Å². The second-order valence-corrected chi connectivity index (χ2v) is 8.58. The summed E-state index contributed by atoms with van der Waals surface area (Å²) in [5, 5.41) is 8.23. The summed E-state index contributed by atoms with van der Waals surface area (Å²) in [5.74, 6) is -0.507. The van der Waals surface area contributed by atoms with Crippen LogP contribution >= 0.6 is 34.7 Å². The van der Waals surface area contributed by atoms with Crippen LogP contribution in [-0.4, -0.2) is 37.4 Å². The Labute approximate surface area is 146 Å². The summed E-state index contributed by atoms with van der Waals surface area (Å²) in [4.78, 5) is 11.0. The summed E-state index contributed by atoms with van der Waals surface area (Å²) < 4.78 is 31.5. The molecule has 2 rings (SSSR count). The largest absolute Gasteiger partial charge is 0.468 e. The molecule has 0 radical (unpaired) electrons. The quantitative estimate of drug-likeness (QED) is 0.569. The average molecular weight is 394 g/mol. The molecule has 1 aromatic heterocycles. The van der Waals surface area contributed by atoms with Gasteiger partial charge in [0.1, 0.15) is 0 Å². The molecule has 0 aliphatic heterocycles. The highest BCUT2D eigenvalue weighted by Crippen LogP contribution is 2.26. The molecule has 0 spiro atoms. The number of carbonyl (C=O) groups excluding carboxylic acids is 1. The lowest BCUT2D eigenvalue weighted by Crippen LogP contribution is -2.14. The molecule has 0 unspecified atom stereocenters. The molecule has 2 aromatic rings. The maximum Gasteiger partial charge on any atom is 0.316 e. The molecule has 0 fully saturated rings. The first-order valence-electron chi connectivity index (χ1n) is 6.16. The lowest BCUT2D eigenvalue weighted by atomic mass is 10.2. The monoisotopic (exact) mass is 393 g/mol. The van der Waals surface area contributed by atoms with Gasteiger partial charge in [0.15, 0.2) is 4.34 Å². The Bertz CT molecular complexity index is 777. The molecule has 0 aliphatic rings. The van der Waals surface area contributed by atoms with Crippen LogP contribution < -0.4 is 4.72 Å². The number of aromatic nitrogens is 2. The molecular weight excluding hydrogens is 382 g/mol. The van der Waals surface area contributed by atoms with Gasteiger partial charge >= 0.3 is 5.97 Å². The summed E-state index contributed by atoms with van der Waals surface area (Å²) in [6.07, 6.45) is 0. The van der Waals surface area contributed by atoms with Gasteiger partial charge in [-0.25, -0.2) is 8.42 Å². The van der Waals surface area contributed by atoms with Gasteiger partial charge in [0.25, 0.3) is 0 Å². The number of ether oxygens (including phenoxy) is 1. The van der Waals surface area contributed by atoms with Crippen LogP contribution in [0.5, 0.6) is 0 Å². The van der Waals surface area contributed by atoms with E-state index in [1.165, 1.54) is 7.11 Å². The van der Waals surface area contributed by atoms with E-state index in [1.54, 1.807) is 24.3 Å². The SMILES string of the molecule is COC(=O)CSc1nnc(NS(=O)(=O)Cc2ccc(Cl)cc2)s1. The second kappa shape index (κ2) is 7.95. The van der Waals surface area contributed by atoms with Crippen LogP contribution in [0.4, 0.5) is 5.13 Å². The smallest absolute Gasteiger partial charge is 0.316 e. The van der Waals surface area contributed by atoms with Gasteiger partial charge in [-0.15, -0.1) is 10.2 Å².